The van der Waals surface area contributed by atoms with Crippen molar-refractivity contribution in [2.45, 2.75) is 25.9 Å². The second-order valence-corrected chi connectivity index (χ2v) is 3.45. The van der Waals surface area contributed by atoms with Gasteiger partial charge in [-0.3, -0.25) is 9.78 Å². The Hall–Kier alpha value is -1.53. The van der Waals surface area contributed by atoms with Crippen LogP contribution < -0.4 is 5.32 Å². The predicted octanol–water partition coefficient (Wildman–Crippen LogP) is -0.279. The smallest absolute Gasteiger partial charge is 0.222 e. The van der Waals surface area contributed by atoms with Crippen molar-refractivity contribution < 1.29 is 15.0 Å². The molecule has 0 aliphatic heterocycles. The Kier molecular flexibility index (Phi) is 4.81. The number of aryl methyl sites for hydroxylation is 1. The monoisotopic (exact) mass is 225 g/mol. The Morgan fingerprint density at radius 2 is 2.25 bits per heavy atom. The van der Waals surface area contributed by atoms with Crippen LogP contribution in [0.5, 0.6) is 0 Å². The maximum atomic E-state index is 10.7. The molecule has 1 amide bonds. The first-order valence-electron chi connectivity index (χ1n) is 4.99. The van der Waals surface area contributed by atoms with E-state index < -0.39 is 6.10 Å². The summed E-state index contributed by atoms with van der Waals surface area (Å²) in [4.78, 5) is 18.8. The number of amides is 1. The van der Waals surface area contributed by atoms with Crippen molar-refractivity contribution in [2.75, 3.05) is 11.9 Å². The summed E-state index contributed by atoms with van der Waals surface area (Å²) in [6, 6.07) is 0. The second kappa shape index (κ2) is 6.14. The molecule has 6 heteroatoms. The number of rotatable bonds is 5. The molecule has 16 heavy (non-hydrogen) atoms. The van der Waals surface area contributed by atoms with Gasteiger partial charge in [0.2, 0.25) is 5.91 Å². The lowest BCUT2D eigenvalue weighted by atomic mass is 10.2. The minimum absolute atomic E-state index is 0.197. The van der Waals surface area contributed by atoms with Crippen molar-refractivity contribution in [3.63, 3.8) is 0 Å². The van der Waals surface area contributed by atoms with Gasteiger partial charge in [-0.2, -0.15) is 0 Å². The molecule has 1 aromatic rings. The van der Waals surface area contributed by atoms with Crippen molar-refractivity contribution in [2.24, 2.45) is 0 Å². The van der Waals surface area contributed by atoms with Gasteiger partial charge in [-0.25, -0.2) is 4.98 Å². The fourth-order valence-corrected chi connectivity index (χ4v) is 1.13. The molecular weight excluding hydrogens is 210 g/mol. The molecule has 0 radical (unpaired) electrons. The molecular formula is C10H15N3O3. The first-order chi connectivity index (χ1) is 7.61. The lowest BCUT2D eigenvalue weighted by Gasteiger charge is -2.06. The summed E-state index contributed by atoms with van der Waals surface area (Å²) in [6.45, 7) is 1.14. The molecule has 1 aromatic heterocycles. The highest BCUT2D eigenvalue weighted by Gasteiger charge is 2.04. The summed E-state index contributed by atoms with van der Waals surface area (Å²) in [5, 5.41) is 20.3. The molecule has 0 aromatic carbocycles. The van der Waals surface area contributed by atoms with E-state index in [9.17, 15) is 4.79 Å². The summed E-state index contributed by atoms with van der Waals surface area (Å²) in [7, 11) is 0. The van der Waals surface area contributed by atoms with Gasteiger partial charge in [-0.05, 0) is 12.8 Å². The third-order valence-electron chi connectivity index (χ3n) is 1.95. The van der Waals surface area contributed by atoms with Crippen LogP contribution in [0.2, 0.25) is 0 Å². The first-order valence-corrected chi connectivity index (χ1v) is 4.99. The number of hydrogen-bond acceptors (Lipinski definition) is 5. The molecule has 0 saturated carbocycles. The van der Waals surface area contributed by atoms with Crippen LogP contribution in [0.15, 0.2) is 12.4 Å². The van der Waals surface area contributed by atoms with E-state index in [0.717, 1.165) is 0 Å². The number of aliphatic hydroxyl groups excluding tert-OH is 2. The van der Waals surface area contributed by atoms with Crippen LogP contribution in [-0.4, -0.2) is 38.8 Å². The number of aromatic nitrogens is 2. The zero-order valence-corrected chi connectivity index (χ0v) is 9.05. The maximum absolute atomic E-state index is 10.7. The quantitative estimate of drug-likeness (QED) is 0.640. The third-order valence-corrected chi connectivity index (χ3v) is 1.95. The second-order valence-electron chi connectivity index (χ2n) is 3.45. The van der Waals surface area contributed by atoms with Crippen molar-refractivity contribution in [1.29, 1.82) is 0 Å². The van der Waals surface area contributed by atoms with Gasteiger partial charge < -0.3 is 15.5 Å². The normalized spacial score (nSPS) is 12.2. The number of anilines is 1. The van der Waals surface area contributed by atoms with Crippen LogP contribution in [0, 0.1) is 0 Å². The Labute approximate surface area is 93.4 Å². The van der Waals surface area contributed by atoms with Crippen LogP contribution in [0.4, 0.5) is 5.82 Å². The highest BCUT2D eigenvalue weighted by Crippen LogP contribution is 2.04. The summed E-state index contributed by atoms with van der Waals surface area (Å²) in [5.41, 5.74) is 0.710. The Balaban J connectivity index is 2.48. The van der Waals surface area contributed by atoms with Gasteiger partial charge in [0.1, 0.15) is 0 Å². The van der Waals surface area contributed by atoms with E-state index >= 15 is 0 Å². The zero-order valence-electron chi connectivity index (χ0n) is 9.05. The molecule has 1 atom stereocenters. The summed E-state index contributed by atoms with van der Waals surface area (Å²) < 4.78 is 0. The first kappa shape index (κ1) is 12.5. The number of aliphatic hydroxyl groups is 2. The van der Waals surface area contributed by atoms with Crippen molar-refractivity contribution in [3.05, 3.63) is 18.1 Å². The lowest BCUT2D eigenvalue weighted by molar-refractivity contribution is -0.114. The molecule has 0 spiro atoms. The molecule has 6 nitrogen and oxygen atoms in total. The molecule has 0 fully saturated rings. The topological polar surface area (TPSA) is 95.3 Å². The highest BCUT2D eigenvalue weighted by atomic mass is 16.3. The molecule has 0 aliphatic rings. The number of nitrogens with zero attached hydrogens (tertiary/aromatic N) is 2. The molecule has 88 valence electrons. The number of hydrogen-bond donors (Lipinski definition) is 3. The minimum Gasteiger partial charge on any atom is -0.394 e. The number of nitrogens with one attached hydrogen (secondary N) is 1. The minimum atomic E-state index is -0.725. The van der Waals surface area contributed by atoms with Gasteiger partial charge in [-0.15, -0.1) is 0 Å². The maximum Gasteiger partial charge on any atom is 0.222 e. The average Bonchev–Trinajstić information content (AvgIpc) is 2.27. The van der Waals surface area contributed by atoms with Crippen LogP contribution in [0.3, 0.4) is 0 Å². The Bertz CT molecular complexity index is 340. The van der Waals surface area contributed by atoms with E-state index in [4.69, 9.17) is 10.2 Å². The standard InChI is InChI=1S/C10H15N3O3/c1-7(15)13-10-5-11-8(4-12-10)2-3-9(16)6-14/h4-5,9,14,16H,2-3,6H2,1H3,(H,12,13,15)/t9-/m1/s1. The van der Waals surface area contributed by atoms with Gasteiger partial charge >= 0.3 is 0 Å². The SMILES string of the molecule is CC(=O)Nc1cnc(CC[C@@H](O)CO)cn1. The fraction of sp³-hybridized carbons (Fsp3) is 0.500. The zero-order chi connectivity index (χ0) is 12.0. The van der Waals surface area contributed by atoms with E-state index in [1.54, 1.807) is 0 Å². The predicted molar refractivity (Wildman–Crippen MR) is 57.7 cm³/mol. The third kappa shape index (κ3) is 4.33. The van der Waals surface area contributed by atoms with Crippen molar-refractivity contribution in [1.82, 2.24) is 9.97 Å². The van der Waals surface area contributed by atoms with E-state index in [2.05, 4.69) is 15.3 Å². The van der Waals surface area contributed by atoms with Gasteiger partial charge in [0.05, 0.1) is 30.8 Å². The molecule has 3 N–H and O–H groups in total. The van der Waals surface area contributed by atoms with E-state index in [1.807, 2.05) is 0 Å². The summed E-state index contributed by atoms with van der Waals surface area (Å²) in [6.07, 6.45) is 3.24. The summed E-state index contributed by atoms with van der Waals surface area (Å²) in [5.74, 6) is 0.205. The molecule has 1 rings (SSSR count). The van der Waals surface area contributed by atoms with Crippen LogP contribution >= 0.6 is 0 Å². The largest absolute Gasteiger partial charge is 0.394 e. The van der Waals surface area contributed by atoms with Crippen molar-refractivity contribution in [3.8, 4) is 0 Å². The molecule has 0 aliphatic carbocycles. The molecule has 0 bridgehead atoms. The van der Waals surface area contributed by atoms with E-state index in [0.29, 0.717) is 24.4 Å². The summed E-state index contributed by atoms with van der Waals surface area (Å²) >= 11 is 0. The van der Waals surface area contributed by atoms with Crippen molar-refractivity contribution >= 4 is 11.7 Å². The Morgan fingerprint density at radius 3 is 2.75 bits per heavy atom. The molecule has 0 unspecified atom stereocenters. The number of carbonyl (C=O) groups is 1. The molecule has 1 heterocycles. The van der Waals surface area contributed by atoms with Gasteiger partial charge in [0, 0.05) is 6.92 Å². The molecule has 0 saturated heterocycles. The van der Waals surface area contributed by atoms with Gasteiger partial charge in [0.25, 0.3) is 0 Å². The van der Waals surface area contributed by atoms with Crippen LogP contribution in [-0.2, 0) is 11.2 Å². The lowest BCUT2D eigenvalue weighted by Crippen LogP contribution is -2.13. The van der Waals surface area contributed by atoms with Gasteiger partial charge in [-0.1, -0.05) is 0 Å². The average molecular weight is 225 g/mol. The fourth-order valence-electron chi connectivity index (χ4n) is 1.13. The van der Waals surface area contributed by atoms with E-state index in [-0.39, 0.29) is 12.5 Å². The van der Waals surface area contributed by atoms with Crippen LogP contribution in [0.25, 0.3) is 0 Å². The van der Waals surface area contributed by atoms with E-state index in [1.165, 1.54) is 19.3 Å². The Morgan fingerprint density at radius 1 is 1.50 bits per heavy atom. The van der Waals surface area contributed by atoms with Gasteiger partial charge in [0.15, 0.2) is 5.82 Å². The van der Waals surface area contributed by atoms with Crippen LogP contribution in [0.1, 0.15) is 19.0 Å². The highest BCUT2D eigenvalue weighted by molar-refractivity contribution is 5.87. The number of carbonyl (C=O) groups excluding carboxylic acids is 1.